The number of aliphatic imine (C=N–C) groups is 1. The maximum atomic E-state index is 13.0. The standard InChI is InChI=1S/C13H11ClFNO2/c1-18-12-7-16-6-9(13(12)17)4-8-2-3-11(15)10(14)5-8/h2-3,5-7,9H,4H2,1H3. The van der Waals surface area contributed by atoms with Crippen molar-refractivity contribution in [2.75, 3.05) is 7.11 Å². The van der Waals surface area contributed by atoms with Crippen molar-refractivity contribution in [2.45, 2.75) is 6.42 Å². The van der Waals surface area contributed by atoms with Crippen LogP contribution in [-0.4, -0.2) is 19.1 Å². The van der Waals surface area contributed by atoms with Crippen LogP contribution in [0.1, 0.15) is 5.56 Å². The summed E-state index contributed by atoms with van der Waals surface area (Å²) >= 11 is 5.69. The largest absolute Gasteiger partial charge is 0.491 e. The number of carbonyl (C=O) groups excluding carboxylic acids is 1. The third-order valence-electron chi connectivity index (χ3n) is 2.70. The Bertz CT molecular complexity index is 540. The third kappa shape index (κ3) is 2.59. The molecular formula is C13H11ClFNO2. The van der Waals surface area contributed by atoms with E-state index < -0.39 is 11.7 Å². The first kappa shape index (κ1) is 12.8. The molecule has 0 saturated carbocycles. The van der Waals surface area contributed by atoms with Crippen molar-refractivity contribution in [1.82, 2.24) is 0 Å². The minimum atomic E-state index is -0.471. The van der Waals surface area contributed by atoms with Gasteiger partial charge in [0.05, 0.1) is 24.3 Å². The SMILES string of the molecule is COC1=CN=CC(Cc2ccc(F)c(Cl)c2)C1=O. The lowest BCUT2D eigenvalue weighted by atomic mass is 9.94. The van der Waals surface area contributed by atoms with Crippen LogP contribution in [0.5, 0.6) is 0 Å². The molecule has 0 aromatic heterocycles. The van der Waals surface area contributed by atoms with E-state index in [4.69, 9.17) is 16.3 Å². The molecule has 1 heterocycles. The van der Waals surface area contributed by atoms with Crippen molar-refractivity contribution in [3.63, 3.8) is 0 Å². The fourth-order valence-electron chi connectivity index (χ4n) is 1.75. The molecule has 5 heteroatoms. The predicted octanol–water partition coefficient (Wildman–Crippen LogP) is 2.78. The highest BCUT2D eigenvalue weighted by atomic mass is 35.5. The average molecular weight is 268 g/mol. The highest BCUT2D eigenvalue weighted by Gasteiger charge is 2.24. The Labute approximate surface area is 109 Å². The summed E-state index contributed by atoms with van der Waals surface area (Å²) in [5.74, 6) is -0.767. The molecule has 1 unspecified atom stereocenters. The zero-order chi connectivity index (χ0) is 13.1. The number of halogens is 2. The molecule has 1 atom stereocenters. The van der Waals surface area contributed by atoms with Gasteiger partial charge in [-0.1, -0.05) is 17.7 Å². The summed E-state index contributed by atoms with van der Waals surface area (Å²) in [6.45, 7) is 0. The van der Waals surface area contributed by atoms with Gasteiger partial charge in [0, 0.05) is 6.21 Å². The quantitative estimate of drug-likeness (QED) is 0.845. The Morgan fingerprint density at radius 1 is 1.50 bits per heavy atom. The van der Waals surface area contributed by atoms with E-state index in [1.54, 1.807) is 12.3 Å². The van der Waals surface area contributed by atoms with Crippen molar-refractivity contribution in [3.05, 3.63) is 46.6 Å². The highest BCUT2D eigenvalue weighted by molar-refractivity contribution is 6.30. The molecule has 1 aromatic carbocycles. The minimum absolute atomic E-state index is 0.0511. The van der Waals surface area contributed by atoms with E-state index >= 15 is 0 Å². The molecule has 94 valence electrons. The fourth-order valence-corrected chi connectivity index (χ4v) is 1.95. The zero-order valence-electron chi connectivity index (χ0n) is 9.69. The summed E-state index contributed by atoms with van der Waals surface area (Å²) in [5.41, 5.74) is 0.781. The maximum Gasteiger partial charge on any atom is 0.207 e. The van der Waals surface area contributed by atoms with Crippen molar-refractivity contribution in [1.29, 1.82) is 0 Å². The number of allylic oxidation sites excluding steroid dienone is 1. The number of hydrogen-bond donors (Lipinski definition) is 0. The lowest BCUT2D eigenvalue weighted by molar-refractivity contribution is -0.120. The maximum absolute atomic E-state index is 13.0. The molecule has 0 N–H and O–H groups in total. The topological polar surface area (TPSA) is 38.7 Å². The smallest absolute Gasteiger partial charge is 0.207 e. The summed E-state index contributed by atoms with van der Waals surface area (Å²) < 4.78 is 17.9. The number of hydrogen-bond acceptors (Lipinski definition) is 3. The summed E-state index contributed by atoms with van der Waals surface area (Å²) in [6.07, 6.45) is 3.36. The molecule has 0 radical (unpaired) electrons. The van der Waals surface area contributed by atoms with Crippen LogP contribution in [0, 0.1) is 11.7 Å². The molecular weight excluding hydrogens is 257 g/mol. The first-order valence-electron chi connectivity index (χ1n) is 5.37. The van der Waals surface area contributed by atoms with Gasteiger partial charge < -0.3 is 4.74 Å². The molecule has 18 heavy (non-hydrogen) atoms. The first-order chi connectivity index (χ1) is 8.61. The van der Waals surface area contributed by atoms with E-state index in [0.29, 0.717) is 6.42 Å². The molecule has 1 aliphatic rings. The Balaban J connectivity index is 2.15. The molecule has 0 fully saturated rings. The Morgan fingerprint density at radius 2 is 2.28 bits per heavy atom. The van der Waals surface area contributed by atoms with Crippen LogP contribution in [0.25, 0.3) is 0 Å². The van der Waals surface area contributed by atoms with Gasteiger partial charge in [-0.3, -0.25) is 9.79 Å². The molecule has 3 nitrogen and oxygen atoms in total. The number of nitrogens with zero attached hydrogens (tertiary/aromatic N) is 1. The summed E-state index contributed by atoms with van der Waals surface area (Å²) in [4.78, 5) is 15.9. The Kier molecular flexibility index (Phi) is 3.77. The Hall–Kier alpha value is -1.68. The van der Waals surface area contributed by atoms with Gasteiger partial charge in [-0.05, 0) is 24.1 Å². The second-order valence-electron chi connectivity index (χ2n) is 3.92. The number of ketones is 1. The van der Waals surface area contributed by atoms with Crippen molar-refractivity contribution >= 4 is 23.6 Å². The minimum Gasteiger partial charge on any atom is -0.491 e. The lowest BCUT2D eigenvalue weighted by Crippen LogP contribution is -2.23. The van der Waals surface area contributed by atoms with Gasteiger partial charge in [0.15, 0.2) is 5.76 Å². The lowest BCUT2D eigenvalue weighted by Gasteiger charge is -2.15. The van der Waals surface area contributed by atoms with Crippen LogP contribution in [0.15, 0.2) is 35.2 Å². The van der Waals surface area contributed by atoms with E-state index in [1.807, 2.05) is 0 Å². The van der Waals surface area contributed by atoms with Crippen LogP contribution in [0.2, 0.25) is 5.02 Å². The van der Waals surface area contributed by atoms with Gasteiger partial charge in [-0.15, -0.1) is 0 Å². The van der Waals surface area contributed by atoms with E-state index in [0.717, 1.165) is 5.56 Å². The van der Waals surface area contributed by atoms with Crippen molar-refractivity contribution in [3.8, 4) is 0 Å². The molecule has 1 aliphatic heterocycles. The number of carbonyl (C=O) groups is 1. The van der Waals surface area contributed by atoms with Gasteiger partial charge in [-0.25, -0.2) is 4.39 Å². The normalized spacial score (nSPS) is 18.7. The zero-order valence-corrected chi connectivity index (χ0v) is 10.4. The Morgan fingerprint density at radius 3 is 2.94 bits per heavy atom. The monoisotopic (exact) mass is 267 g/mol. The second-order valence-corrected chi connectivity index (χ2v) is 4.33. The van der Waals surface area contributed by atoms with Gasteiger partial charge in [0.25, 0.3) is 0 Å². The first-order valence-corrected chi connectivity index (χ1v) is 5.75. The molecule has 0 amide bonds. The van der Waals surface area contributed by atoms with E-state index in [-0.39, 0.29) is 16.6 Å². The summed E-state index contributed by atoms with van der Waals surface area (Å²) in [6, 6.07) is 4.41. The summed E-state index contributed by atoms with van der Waals surface area (Å²) in [5, 5.41) is 0.0511. The van der Waals surface area contributed by atoms with Gasteiger partial charge >= 0.3 is 0 Å². The van der Waals surface area contributed by atoms with E-state index in [2.05, 4.69) is 4.99 Å². The molecule has 0 saturated heterocycles. The van der Waals surface area contributed by atoms with Gasteiger partial charge in [-0.2, -0.15) is 0 Å². The van der Waals surface area contributed by atoms with Crippen LogP contribution >= 0.6 is 11.6 Å². The fraction of sp³-hybridized carbons (Fsp3) is 0.231. The number of methoxy groups -OCH3 is 1. The van der Waals surface area contributed by atoms with Crippen molar-refractivity contribution in [2.24, 2.45) is 10.9 Å². The number of Topliss-reactive ketones (excluding diaryl/α,β-unsaturated/α-hetero) is 1. The number of benzene rings is 1. The van der Waals surface area contributed by atoms with E-state index in [1.165, 1.54) is 25.4 Å². The van der Waals surface area contributed by atoms with Gasteiger partial charge in [0.2, 0.25) is 5.78 Å². The predicted molar refractivity (Wildman–Crippen MR) is 67.2 cm³/mol. The molecule has 2 rings (SSSR count). The molecule has 0 spiro atoms. The summed E-state index contributed by atoms with van der Waals surface area (Å²) in [7, 11) is 1.43. The van der Waals surface area contributed by atoms with Crippen LogP contribution in [-0.2, 0) is 16.0 Å². The molecule has 0 aliphatic carbocycles. The second kappa shape index (κ2) is 5.31. The highest BCUT2D eigenvalue weighted by Crippen LogP contribution is 2.21. The van der Waals surface area contributed by atoms with Crippen LogP contribution in [0.3, 0.4) is 0 Å². The van der Waals surface area contributed by atoms with Gasteiger partial charge in [0.1, 0.15) is 5.82 Å². The molecule has 0 bridgehead atoms. The average Bonchev–Trinajstić information content (AvgIpc) is 2.36. The number of ether oxygens (including phenoxy) is 1. The van der Waals surface area contributed by atoms with Crippen LogP contribution in [0.4, 0.5) is 4.39 Å². The molecule has 1 aromatic rings. The number of rotatable bonds is 3. The van der Waals surface area contributed by atoms with Crippen molar-refractivity contribution < 1.29 is 13.9 Å². The van der Waals surface area contributed by atoms with Crippen LogP contribution < -0.4 is 0 Å². The van der Waals surface area contributed by atoms with E-state index in [9.17, 15) is 9.18 Å². The third-order valence-corrected chi connectivity index (χ3v) is 2.99.